The van der Waals surface area contributed by atoms with Crippen molar-refractivity contribution in [2.24, 2.45) is 0 Å². The monoisotopic (exact) mass is 244 g/mol. The Bertz CT molecular complexity index is 570. The Hall–Kier alpha value is -2.43. The zero-order chi connectivity index (χ0) is 13.0. The lowest BCUT2D eigenvalue weighted by Gasteiger charge is -2.06. The number of rotatable bonds is 4. The highest BCUT2D eigenvalue weighted by molar-refractivity contribution is 5.87. The number of carbonyl (C=O) groups is 1. The molecule has 0 aromatic carbocycles. The maximum atomic E-state index is 10.8. The van der Waals surface area contributed by atoms with Crippen molar-refractivity contribution in [3.63, 3.8) is 0 Å². The molecule has 0 fully saturated rings. The van der Waals surface area contributed by atoms with Crippen LogP contribution in [0, 0.1) is 6.92 Å². The first-order chi connectivity index (χ1) is 8.65. The quantitative estimate of drug-likeness (QED) is 0.891. The number of carboxylic acids is 1. The fourth-order valence-electron chi connectivity index (χ4n) is 1.45. The third kappa shape index (κ3) is 3.04. The molecule has 1 N–H and O–H groups in total. The number of hydrogen-bond donors (Lipinski definition) is 1. The predicted molar refractivity (Wildman–Crippen MR) is 64.5 cm³/mol. The minimum Gasteiger partial charge on any atom is -0.486 e. The Morgan fingerprint density at radius 2 is 2.22 bits per heavy atom. The van der Waals surface area contributed by atoms with Crippen molar-refractivity contribution in [3.05, 3.63) is 53.6 Å². The number of carboxylic acid groups (broad SMARTS) is 1. The highest BCUT2D eigenvalue weighted by Gasteiger charge is 2.05. The van der Waals surface area contributed by atoms with Crippen LogP contribution in [-0.4, -0.2) is 21.0 Å². The smallest absolute Gasteiger partial charge is 0.337 e. The number of aryl methyl sites for hydroxylation is 1. The summed E-state index contributed by atoms with van der Waals surface area (Å²) in [6.45, 7) is 2.18. The molecule has 92 valence electrons. The van der Waals surface area contributed by atoms with Gasteiger partial charge in [-0.25, -0.2) is 4.79 Å². The summed E-state index contributed by atoms with van der Waals surface area (Å²) in [6.07, 6.45) is 2.75. The molecule has 0 aliphatic heterocycles. The standard InChI is InChI=1S/C13H12N2O3/c1-9-3-2-4-11(15-9)8-18-12-5-10(13(16)17)6-14-7-12/h2-7H,8H2,1H3,(H,16,17). The minimum atomic E-state index is -1.03. The van der Waals surface area contributed by atoms with Crippen LogP contribution < -0.4 is 4.74 Å². The van der Waals surface area contributed by atoms with Gasteiger partial charge in [0.15, 0.2) is 0 Å². The molecule has 0 radical (unpaired) electrons. The number of nitrogens with zero attached hydrogens (tertiary/aromatic N) is 2. The normalized spacial score (nSPS) is 10.1. The number of hydrogen-bond acceptors (Lipinski definition) is 4. The molecule has 0 atom stereocenters. The molecule has 2 aromatic heterocycles. The van der Waals surface area contributed by atoms with Crippen LogP contribution in [0.15, 0.2) is 36.7 Å². The third-order valence-electron chi connectivity index (χ3n) is 2.29. The maximum absolute atomic E-state index is 10.8. The van der Waals surface area contributed by atoms with E-state index in [4.69, 9.17) is 9.84 Å². The summed E-state index contributed by atoms with van der Waals surface area (Å²) in [4.78, 5) is 18.9. The van der Waals surface area contributed by atoms with E-state index in [9.17, 15) is 4.79 Å². The van der Waals surface area contributed by atoms with E-state index in [1.165, 1.54) is 18.5 Å². The van der Waals surface area contributed by atoms with Gasteiger partial charge in [0.25, 0.3) is 0 Å². The lowest BCUT2D eigenvalue weighted by Crippen LogP contribution is -2.02. The van der Waals surface area contributed by atoms with Crippen LogP contribution in [0.25, 0.3) is 0 Å². The Balaban J connectivity index is 2.06. The van der Waals surface area contributed by atoms with Crippen LogP contribution in [-0.2, 0) is 6.61 Å². The van der Waals surface area contributed by atoms with Gasteiger partial charge in [0.05, 0.1) is 17.5 Å². The van der Waals surface area contributed by atoms with E-state index in [0.29, 0.717) is 5.75 Å². The van der Waals surface area contributed by atoms with Crippen molar-refractivity contribution >= 4 is 5.97 Å². The maximum Gasteiger partial charge on any atom is 0.337 e. The SMILES string of the molecule is Cc1cccc(COc2cncc(C(=O)O)c2)n1. The average molecular weight is 244 g/mol. The lowest BCUT2D eigenvalue weighted by atomic mass is 10.3. The fraction of sp³-hybridized carbons (Fsp3) is 0.154. The summed E-state index contributed by atoms with van der Waals surface area (Å²) >= 11 is 0. The highest BCUT2D eigenvalue weighted by Crippen LogP contribution is 2.13. The van der Waals surface area contributed by atoms with E-state index in [2.05, 4.69) is 9.97 Å². The van der Waals surface area contributed by atoms with Crippen molar-refractivity contribution in [1.29, 1.82) is 0 Å². The van der Waals surface area contributed by atoms with Gasteiger partial charge in [0.2, 0.25) is 0 Å². The van der Waals surface area contributed by atoms with Crippen LogP contribution in [0.4, 0.5) is 0 Å². The molecule has 18 heavy (non-hydrogen) atoms. The summed E-state index contributed by atoms with van der Waals surface area (Å²) in [5, 5.41) is 8.82. The van der Waals surface area contributed by atoms with Gasteiger partial charge in [-0.05, 0) is 25.1 Å². The molecule has 2 heterocycles. The topological polar surface area (TPSA) is 72.3 Å². The van der Waals surface area contributed by atoms with Crippen LogP contribution in [0.1, 0.15) is 21.7 Å². The molecule has 0 saturated heterocycles. The van der Waals surface area contributed by atoms with Crippen molar-refractivity contribution in [2.75, 3.05) is 0 Å². The Kier molecular flexibility index (Phi) is 3.52. The van der Waals surface area contributed by atoms with Crippen LogP contribution in [0.2, 0.25) is 0 Å². The molecule has 2 aromatic rings. The molecule has 5 nitrogen and oxygen atoms in total. The zero-order valence-electron chi connectivity index (χ0n) is 9.83. The first-order valence-electron chi connectivity index (χ1n) is 5.39. The van der Waals surface area contributed by atoms with Crippen molar-refractivity contribution in [2.45, 2.75) is 13.5 Å². The summed E-state index contributed by atoms with van der Waals surface area (Å²) in [5.41, 5.74) is 1.80. The molecular formula is C13H12N2O3. The Morgan fingerprint density at radius 3 is 2.94 bits per heavy atom. The van der Waals surface area contributed by atoms with Crippen molar-refractivity contribution < 1.29 is 14.6 Å². The number of ether oxygens (including phenoxy) is 1. The molecule has 0 aliphatic carbocycles. The van der Waals surface area contributed by atoms with Gasteiger partial charge in [-0.3, -0.25) is 9.97 Å². The van der Waals surface area contributed by atoms with E-state index in [1.54, 1.807) is 0 Å². The average Bonchev–Trinajstić information content (AvgIpc) is 2.37. The molecule has 2 rings (SSSR count). The highest BCUT2D eigenvalue weighted by atomic mass is 16.5. The van der Waals surface area contributed by atoms with E-state index >= 15 is 0 Å². The molecule has 0 unspecified atom stereocenters. The van der Waals surface area contributed by atoms with E-state index in [1.807, 2.05) is 25.1 Å². The van der Waals surface area contributed by atoms with Crippen LogP contribution in [0.5, 0.6) is 5.75 Å². The number of pyridine rings is 2. The van der Waals surface area contributed by atoms with Gasteiger partial charge in [-0.15, -0.1) is 0 Å². The van der Waals surface area contributed by atoms with Crippen LogP contribution in [0.3, 0.4) is 0 Å². The number of aromatic nitrogens is 2. The minimum absolute atomic E-state index is 0.102. The second kappa shape index (κ2) is 5.27. The van der Waals surface area contributed by atoms with Gasteiger partial charge in [0.1, 0.15) is 12.4 Å². The summed E-state index contributed by atoms with van der Waals surface area (Å²) in [7, 11) is 0. The van der Waals surface area contributed by atoms with Crippen molar-refractivity contribution in [1.82, 2.24) is 9.97 Å². The summed E-state index contributed by atoms with van der Waals surface area (Å²) in [6, 6.07) is 7.08. The van der Waals surface area contributed by atoms with E-state index in [0.717, 1.165) is 11.4 Å². The van der Waals surface area contributed by atoms with Gasteiger partial charge >= 0.3 is 5.97 Å². The molecule has 0 bridgehead atoms. The summed E-state index contributed by atoms with van der Waals surface area (Å²) in [5.74, 6) is -0.611. The first kappa shape index (κ1) is 12.0. The van der Waals surface area contributed by atoms with Gasteiger partial charge in [-0.1, -0.05) is 6.07 Å². The lowest BCUT2D eigenvalue weighted by molar-refractivity contribution is 0.0696. The van der Waals surface area contributed by atoms with Gasteiger partial charge in [0, 0.05) is 11.9 Å². The predicted octanol–water partition coefficient (Wildman–Crippen LogP) is 2.06. The van der Waals surface area contributed by atoms with E-state index < -0.39 is 5.97 Å². The molecule has 0 saturated carbocycles. The number of aromatic carboxylic acids is 1. The Morgan fingerprint density at radius 1 is 1.39 bits per heavy atom. The molecular weight excluding hydrogens is 232 g/mol. The van der Waals surface area contributed by atoms with Gasteiger partial charge < -0.3 is 9.84 Å². The largest absolute Gasteiger partial charge is 0.486 e. The van der Waals surface area contributed by atoms with E-state index in [-0.39, 0.29) is 12.2 Å². The third-order valence-corrected chi connectivity index (χ3v) is 2.29. The Labute approximate surface area is 104 Å². The van der Waals surface area contributed by atoms with Crippen LogP contribution >= 0.6 is 0 Å². The second-order valence-electron chi connectivity index (χ2n) is 3.77. The van der Waals surface area contributed by atoms with Gasteiger partial charge in [-0.2, -0.15) is 0 Å². The molecule has 0 spiro atoms. The molecule has 0 aliphatic rings. The van der Waals surface area contributed by atoms with Crippen molar-refractivity contribution in [3.8, 4) is 5.75 Å². The second-order valence-corrected chi connectivity index (χ2v) is 3.77. The fourth-order valence-corrected chi connectivity index (χ4v) is 1.45. The molecule has 5 heteroatoms. The molecule has 0 amide bonds. The first-order valence-corrected chi connectivity index (χ1v) is 5.39. The summed E-state index contributed by atoms with van der Waals surface area (Å²) < 4.78 is 5.45. The zero-order valence-corrected chi connectivity index (χ0v) is 9.83.